The summed E-state index contributed by atoms with van der Waals surface area (Å²) in [5, 5.41) is 6.81. The minimum Gasteiger partial charge on any atom is -0.441 e. The van der Waals surface area contributed by atoms with Crippen LogP contribution in [0.4, 0.5) is 5.82 Å². The number of amides is 2. The van der Waals surface area contributed by atoms with Gasteiger partial charge in [-0.2, -0.15) is 0 Å². The lowest BCUT2D eigenvalue weighted by molar-refractivity contribution is -0.133. The van der Waals surface area contributed by atoms with Crippen LogP contribution in [0.15, 0.2) is 45.5 Å². The smallest absolute Gasteiger partial charge is 0.245 e. The summed E-state index contributed by atoms with van der Waals surface area (Å²) in [6.07, 6.45) is 2.06. The topological polar surface area (TPSA) is 101 Å². The van der Waals surface area contributed by atoms with Gasteiger partial charge in [0.25, 0.3) is 0 Å². The quantitative estimate of drug-likeness (QED) is 0.650. The Hall–Kier alpha value is -3.13. The number of rotatable bonds is 7. The normalized spacial score (nSPS) is 10.7. The molecule has 0 saturated carbocycles. The van der Waals surface area contributed by atoms with Gasteiger partial charge in [0, 0.05) is 31.5 Å². The van der Waals surface area contributed by atoms with Crippen molar-refractivity contribution in [1.82, 2.24) is 15.0 Å². The van der Waals surface area contributed by atoms with E-state index in [1.165, 1.54) is 4.90 Å². The van der Waals surface area contributed by atoms with Crippen LogP contribution in [-0.2, 0) is 16.0 Å². The summed E-state index contributed by atoms with van der Waals surface area (Å²) in [6, 6.07) is 8.88. The van der Waals surface area contributed by atoms with Crippen LogP contribution in [0.5, 0.6) is 0 Å². The van der Waals surface area contributed by atoms with E-state index in [-0.39, 0.29) is 24.8 Å². The van der Waals surface area contributed by atoms with E-state index in [9.17, 15) is 9.59 Å². The molecule has 9 heteroatoms. The van der Waals surface area contributed by atoms with Crippen LogP contribution in [0.25, 0.3) is 11.3 Å². The Labute approximate surface area is 166 Å². The van der Waals surface area contributed by atoms with Crippen LogP contribution in [0.1, 0.15) is 18.1 Å². The summed E-state index contributed by atoms with van der Waals surface area (Å²) in [5.41, 5.74) is 0.742. The minimum atomic E-state index is -0.360. The molecule has 2 amide bonds. The number of halogens is 1. The third kappa shape index (κ3) is 4.98. The highest BCUT2D eigenvalue weighted by Crippen LogP contribution is 2.28. The maximum atomic E-state index is 12.3. The van der Waals surface area contributed by atoms with Crippen molar-refractivity contribution in [1.29, 1.82) is 0 Å². The second-order valence-electron chi connectivity index (χ2n) is 6.22. The molecule has 0 spiro atoms. The van der Waals surface area contributed by atoms with Gasteiger partial charge in [0.15, 0.2) is 17.5 Å². The summed E-state index contributed by atoms with van der Waals surface area (Å²) in [6.45, 7) is 1.62. The van der Waals surface area contributed by atoms with Crippen molar-refractivity contribution >= 4 is 29.2 Å². The molecular weight excluding hydrogens is 384 g/mol. The van der Waals surface area contributed by atoms with E-state index in [0.29, 0.717) is 34.7 Å². The van der Waals surface area contributed by atoms with Gasteiger partial charge >= 0.3 is 0 Å². The molecule has 0 aliphatic rings. The van der Waals surface area contributed by atoms with Crippen molar-refractivity contribution in [3.8, 4) is 11.3 Å². The molecular formula is C19H19ClN4O4. The predicted octanol–water partition coefficient (Wildman–Crippen LogP) is 3.32. The van der Waals surface area contributed by atoms with Crippen molar-refractivity contribution in [3.63, 3.8) is 0 Å². The first-order valence-electron chi connectivity index (χ1n) is 8.59. The zero-order chi connectivity index (χ0) is 20.1. The molecule has 3 rings (SSSR count). The summed E-state index contributed by atoms with van der Waals surface area (Å²) in [7, 11) is 1.56. The molecule has 2 aromatic heterocycles. The van der Waals surface area contributed by atoms with E-state index in [1.807, 2.05) is 18.2 Å². The van der Waals surface area contributed by atoms with Crippen LogP contribution < -0.4 is 5.32 Å². The number of benzene rings is 1. The number of aromatic nitrogens is 2. The van der Waals surface area contributed by atoms with E-state index in [0.717, 1.165) is 5.56 Å². The Kier molecular flexibility index (Phi) is 6.10. The lowest BCUT2D eigenvalue weighted by Gasteiger charge is -2.15. The molecule has 1 aromatic carbocycles. The highest BCUT2D eigenvalue weighted by molar-refractivity contribution is 6.33. The third-order valence-corrected chi connectivity index (χ3v) is 4.28. The van der Waals surface area contributed by atoms with Crippen molar-refractivity contribution in [3.05, 3.63) is 53.2 Å². The molecule has 2 heterocycles. The summed E-state index contributed by atoms with van der Waals surface area (Å²) in [4.78, 5) is 29.8. The lowest BCUT2D eigenvalue weighted by Crippen LogP contribution is -2.35. The van der Waals surface area contributed by atoms with Crippen LogP contribution in [0, 0.1) is 6.92 Å². The number of likely N-dealkylation sites (N-methyl/N-ethyl adjacent to an activating group) is 1. The van der Waals surface area contributed by atoms with Gasteiger partial charge in [-0.1, -0.05) is 28.9 Å². The number of hydrogen-bond donors (Lipinski definition) is 1. The van der Waals surface area contributed by atoms with Gasteiger partial charge in [0.05, 0.1) is 17.8 Å². The molecule has 8 nitrogen and oxygen atoms in total. The summed E-state index contributed by atoms with van der Waals surface area (Å²) < 4.78 is 10.6. The second-order valence-corrected chi connectivity index (χ2v) is 6.63. The molecule has 0 aliphatic carbocycles. The molecule has 0 bridgehead atoms. The van der Waals surface area contributed by atoms with Crippen molar-refractivity contribution in [2.45, 2.75) is 19.8 Å². The van der Waals surface area contributed by atoms with Gasteiger partial charge in [0.2, 0.25) is 11.8 Å². The number of aryl methyl sites for hydroxylation is 2. The van der Waals surface area contributed by atoms with Gasteiger partial charge in [-0.25, -0.2) is 4.98 Å². The largest absolute Gasteiger partial charge is 0.441 e. The van der Waals surface area contributed by atoms with Gasteiger partial charge in [-0.3, -0.25) is 9.59 Å². The lowest BCUT2D eigenvalue weighted by atomic mass is 10.2. The number of nitrogens with one attached hydrogen (secondary N) is 1. The van der Waals surface area contributed by atoms with Crippen LogP contribution in [0.2, 0.25) is 5.02 Å². The molecule has 146 valence electrons. The molecule has 0 radical (unpaired) electrons. The van der Waals surface area contributed by atoms with Crippen LogP contribution >= 0.6 is 11.6 Å². The third-order valence-electron chi connectivity index (χ3n) is 3.95. The Morgan fingerprint density at radius 3 is 2.79 bits per heavy atom. The van der Waals surface area contributed by atoms with Gasteiger partial charge in [-0.15, -0.1) is 0 Å². The zero-order valence-electron chi connectivity index (χ0n) is 15.4. The average molecular weight is 403 g/mol. The summed E-state index contributed by atoms with van der Waals surface area (Å²) >= 11 is 6.15. The van der Waals surface area contributed by atoms with E-state index in [1.54, 1.807) is 32.3 Å². The van der Waals surface area contributed by atoms with Crippen LogP contribution in [-0.4, -0.2) is 40.4 Å². The maximum Gasteiger partial charge on any atom is 0.245 e. The Bertz CT molecular complexity index is 982. The Morgan fingerprint density at radius 1 is 1.29 bits per heavy atom. The van der Waals surface area contributed by atoms with E-state index in [4.69, 9.17) is 20.5 Å². The summed E-state index contributed by atoms with van der Waals surface area (Å²) in [5.74, 6) is 1.31. The number of oxazole rings is 1. The standard InChI is InChI=1S/C19H19ClN4O4/c1-12-9-16(23-28-12)22-17(25)11-24(2)19(26)8-7-18-21-10-15(27-18)13-5-3-4-6-14(13)20/h3-6,9-10H,7-8,11H2,1-2H3,(H,22,23,25). The molecule has 0 fully saturated rings. The predicted molar refractivity (Wildman–Crippen MR) is 103 cm³/mol. The molecule has 0 aliphatic heterocycles. The fraction of sp³-hybridized carbons (Fsp3) is 0.263. The van der Waals surface area contributed by atoms with Gasteiger partial charge in [-0.05, 0) is 19.1 Å². The first kappa shape index (κ1) is 19.6. The molecule has 28 heavy (non-hydrogen) atoms. The average Bonchev–Trinajstić information content (AvgIpc) is 3.29. The first-order chi connectivity index (χ1) is 13.4. The van der Waals surface area contributed by atoms with Crippen molar-refractivity contribution in [2.24, 2.45) is 0 Å². The monoisotopic (exact) mass is 402 g/mol. The van der Waals surface area contributed by atoms with Crippen molar-refractivity contribution < 1.29 is 18.5 Å². The number of anilines is 1. The van der Waals surface area contributed by atoms with E-state index in [2.05, 4.69) is 15.5 Å². The molecule has 0 saturated heterocycles. The first-order valence-corrected chi connectivity index (χ1v) is 8.97. The molecule has 0 atom stereocenters. The SMILES string of the molecule is Cc1cc(NC(=O)CN(C)C(=O)CCc2ncc(-c3ccccc3Cl)o2)no1. The number of carbonyl (C=O) groups is 2. The highest BCUT2D eigenvalue weighted by atomic mass is 35.5. The van der Waals surface area contributed by atoms with Crippen molar-refractivity contribution in [2.75, 3.05) is 18.9 Å². The maximum absolute atomic E-state index is 12.3. The fourth-order valence-corrected chi connectivity index (χ4v) is 2.76. The molecule has 3 aromatic rings. The Morgan fingerprint density at radius 2 is 2.07 bits per heavy atom. The number of nitrogens with zero attached hydrogens (tertiary/aromatic N) is 3. The zero-order valence-corrected chi connectivity index (χ0v) is 16.2. The Balaban J connectivity index is 1.49. The van der Waals surface area contributed by atoms with Gasteiger partial charge in [0.1, 0.15) is 5.76 Å². The van der Waals surface area contributed by atoms with Gasteiger partial charge < -0.3 is 19.2 Å². The highest BCUT2D eigenvalue weighted by Gasteiger charge is 2.16. The fourth-order valence-electron chi connectivity index (χ4n) is 2.53. The number of carbonyl (C=O) groups excluding carboxylic acids is 2. The van der Waals surface area contributed by atoms with E-state index < -0.39 is 0 Å². The number of hydrogen-bond acceptors (Lipinski definition) is 6. The second kappa shape index (κ2) is 8.71. The van der Waals surface area contributed by atoms with Crippen LogP contribution in [0.3, 0.4) is 0 Å². The van der Waals surface area contributed by atoms with E-state index >= 15 is 0 Å². The minimum absolute atomic E-state index is 0.0960. The molecule has 0 unspecified atom stereocenters. The molecule has 1 N–H and O–H groups in total.